The van der Waals surface area contributed by atoms with E-state index in [2.05, 4.69) is 10.3 Å². The summed E-state index contributed by atoms with van der Waals surface area (Å²) in [7, 11) is 3.46. The number of hydrogen-bond acceptors (Lipinski definition) is 4. The van der Waals surface area contributed by atoms with E-state index in [0.717, 1.165) is 11.0 Å². The van der Waals surface area contributed by atoms with Gasteiger partial charge in [-0.2, -0.15) is 0 Å². The summed E-state index contributed by atoms with van der Waals surface area (Å²) in [5.41, 5.74) is 1.38. The van der Waals surface area contributed by atoms with Crippen molar-refractivity contribution in [2.75, 3.05) is 7.11 Å². The van der Waals surface area contributed by atoms with Crippen molar-refractivity contribution in [3.8, 4) is 5.75 Å². The van der Waals surface area contributed by atoms with Gasteiger partial charge in [-0.15, -0.1) is 0 Å². The van der Waals surface area contributed by atoms with Gasteiger partial charge >= 0.3 is 6.03 Å². The van der Waals surface area contributed by atoms with E-state index in [1.807, 2.05) is 35.9 Å². The highest BCUT2D eigenvalue weighted by molar-refractivity contribution is 6.07. The summed E-state index contributed by atoms with van der Waals surface area (Å²) in [4.78, 5) is 31.4. The van der Waals surface area contributed by atoms with Crippen LogP contribution in [0.5, 0.6) is 5.75 Å². The average molecular weight is 364 g/mol. The van der Waals surface area contributed by atoms with Gasteiger partial charge < -0.3 is 14.6 Å². The largest absolute Gasteiger partial charge is 0.497 e. The van der Waals surface area contributed by atoms with Crippen molar-refractivity contribution in [2.24, 2.45) is 7.05 Å². The first-order valence-corrected chi connectivity index (χ1v) is 8.63. The number of carbonyl (C=O) groups is 2. The molecule has 1 N–H and O–H groups in total. The van der Waals surface area contributed by atoms with Crippen molar-refractivity contribution in [2.45, 2.75) is 19.0 Å². The van der Waals surface area contributed by atoms with Crippen molar-refractivity contribution < 1.29 is 14.3 Å². The number of methoxy groups -OCH3 is 1. The minimum atomic E-state index is -1.12. The number of urea groups is 1. The maximum Gasteiger partial charge on any atom is 0.325 e. The van der Waals surface area contributed by atoms with Gasteiger partial charge in [0.1, 0.15) is 17.1 Å². The number of imide groups is 1. The van der Waals surface area contributed by atoms with Crippen LogP contribution in [0.3, 0.4) is 0 Å². The molecule has 1 atom stereocenters. The number of rotatable bonds is 4. The lowest BCUT2D eigenvalue weighted by Crippen LogP contribution is -2.40. The molecule has 0 aliphatic carbocycles. The number of benzene rings is 2. The van der Waals surface area contributed by atoms with Crippen LogP contribution in [-0.4, -0.2) is 33.5 Å². The molecule has 1 aliphatic heterocycles. The van der Waals surface area contributed by atoms with Crippen LogP contribution >= 0.6 is 0 Å². The number of carbonyl (C=O) groups excluding carboxylic acids is 2. The molecule has 7 nitrogen and oxygen atoms in total. The molecule has 3 aromatic rings. The molecule has 2 aromatic carbocycles. The second-order valence-electron chi connectivity index (χ2n) is 6.75. The minimum absolute atomic E-state index is 0.113. The van der Waals surface area contributed by atoms with Gasteiger partial charge in [-0.1, -0.05) is 24.3 Å². The number of aryl methyl sites for hydroxylation is 1. The highest BCUT2D eigenvalue weighted by Gasteiger charge is 2.49. The third kappa shape index (κ3) is 2.63. The third-order valence-corrected chi connectivity index (χ3v) is 5.12. The summed E-state index contributed by atoms with van der Waals surface area (Å²) in [6, 6.07) is 14.4. The predicted molar refractivity (Wildman–Crippen MR) is 100 cm³/mol. The van der Waals surface area contributed by atoms with Crippen molar-refractivity contribution in [3.05, 3.63) is 59.9 Å². The van der Waals surface area contributed by atoms with Gasteiger partial charge in [0.15, 0.2) is 0 Å². The quantitative estimate of drug-likeness (QED) is 0.722. The summed E-state index contributed by atoms with van der Waals surface area (Å²) in [6.45, 7) is 1.82. The highest BCUT2D eigenvalue weighted by Crippen LogP contribution is 2.31. The Hall–Kier alpha value is -3.35. The molecule has 2 heterocycles. The maximum atomic E-state index is 13.1. The molecule has 0 bridgehead atoms. The molecule has 0 radical (unpaired) electrons. The van der Waals surface area contributed by atoms with Crippen LogP contribution in [0.4, 0.5) is 4.79 Å². The molecule has 0 unspecified atom stereocenters. The number of ether oxygens (including phenoxy) is 1. The summed E-state index contributed by atoms with van der Waals surface area (Å²) in [6.07, 6.45) is 0. The van der Waals surface area contributed by atoms with E-state index in [4.69, 9.17) is 4.74 Å². The molecule has 1 fully saturated rings. The van der Waals surface area contributed by atoms with E-state index >= 15 is 0 Å². The molecule has 4 rings (SSSR count). The van der Waals surface area contributed by atoms with E-state index in [1.165, 1.54) is 4.90 Å². The first-order valence-electron chi connectivity index (χ1n) is 8.63. The second-order valence-corrected chi connectivity index (χ2v) is 6.75. The van der Waals surface area contributed by atoms with Crippen molar-refractivity contribution >= 4 is 23.0 Å². The van der Waals surface area contributed by atoms with Crippen LogP contribution < -0.4 is 10.1 Å². The van der Waals surface area contributed by atoms with E-state index < -0.39 is 11.6 Å². The Morgan fingerprint density at radius 1 is 1.11 bits per heavy atom. The molecule has 1 saturated heterocycles. The number of amides is 3. The summed E-state index contributed by atoms with van der Waals surface area (Å²) in [5.74, 6) is 1.04. The Labute approximate surface area is 156 Å². The maximum absolute atomic E-state index is 13.1. The second kappa shape index (κ2) is 6.12. The molecule has 1 aromatic heterocycles. The molecule has 1 aliphatic rings. The number of para-hydroxylation sites is 2. The highest BCUT2D eigenvalue weighted by atomic mass is 16.5. The van der Waals surface area contributed by atoms with Crippen LogP contribution in [0.2, 0.25) is 0 Å². The summed E-state index contributed by atoms with van der Waals surface area (Å²) < 4.78 is 7.06. The monoisotopic (exact) mass is 364 g/mol. The lowest BCUT2D eigenvalue weighted by Gasteiger charge is -2.22. The number of hydrogen-bond donors (Lipinski definition) is 1. The van der Waals surface area contributed by atoms with Gasteiger partial charge in [0.05, 0.1) is 24.7 Å². The Balaban J connectivity index is 1.65. The lowest BCUT2D eigenvalue weighted by molar-refractivity contribution is -0.131. The van der Waals surface area contributed by atoms with Gasteiger partial charge in [-0.25, -0.2) is 9.78 Å². The van der Waals surface area contributed by atoms with E-state index in [-0.39, 0.29) is 12.5 Å². The zero-order valence-electron chi connectivity index (χ0n) is 15.4. The van der Waals surface area contributed by atoms with Crippen LogP contribution in [0, 0.1) is 0 Å². The fraction of sp³-hybridized carbons (Fsp3) is 0.250. The van der Waals surface area contributed by atoms with E-state index in [0.29, 0.717) is 17.1 Å². The Kier molecular flexibility index (Phi) is 3.87. The first-order chi connectivity index (χ1) is 12.9. The SMILES string of the molecule is COc1ccc([C@]2(C)NC(=O)N(Cc3nc4ccccc4n3C)C2=O)cc1. The molecule has 138 valence electrons. The van der Waals surface area contributed by atoms with Crippen LogP contribution in [0.1, 0.15) is 18.3 Å². The number of nitrogens with one attached hydrogen (secondary N) is 1. The average Bonchev–Trinajstić information content (AvgIpc) is 3.11. The van der Waals surface area contributed by atoms with Crippen molar-refractivity contribution in [3.63, 3.8) is 0 Å². The zero-order chi connectivity index (χ0) is 19.2. The van der Waals surface area contributed by atoms with Crippen LogP contribution in [-0.2, 0) is 23.9 Å². The smallest absolute Gasteiger partial charge is 0.325 e. The van der Waals surface area contributed by atoms with Crippen LogP contribution in [0.25, 0.3) is 11.0 Å². The normalized spacial score (nSPS) is 19.6. The number of aromatic nitrogens is 2. The molecular weight excluding hydrogens is 344 g/mol. The molecule has 3 amide bonds. The third-order valence-electron chi connectivity index (χ3n) is 5.12. The fourth-order valence-electron chi connectivity index (χ4n) is 3.44. The zero-order valence-corrected chi connectivity index (χ0v) is 15.4. The Morgan fingerprint density at radius 3 is 2.48 bits per heavy atom. The Bertz CT molecular complexity index is 1040. The summed E-state index contributed by atoms with van der Waals surface area (Å²) in [5, 5.41) is 2.82. The van der Waals surface area contributed by atoms with Gasteiger partial charge in [0.25, 0.3) is 5.91 Å². The number of fused-ring (bicyclic) bond motifs is 1. The van der Waals surface area contributed by atoms with E-state index in [9.17, 15) is 9.59 Å². The topological polar surface area (TPSA) is 76.5 Å². The first kappa shape index (κ1) is 17.1. The standard InChI is InChI=1S/C20H20N4O3/c1-20(13-8-10-14(27-3)11-9-13)18(25)24(19(26)22-20)12-17-21-15-6-4-5-7-16(15)23(17)2/h4-11H,12H2,1-3H3,(H,22,26)/t20-/m0/s1. The van der Waals surface area contributed by atoms with E-state index in [1.54, 1.807) is 38.3 Å². The van der Waals surface area contributed by atoms with Crippen LogP contribution in [0.15, 0.2) is 48.5 Å². The van der Waals surface area contributed by atoms with Gasteiger partial charge in [0.2, 0.25) is 0 Å². The Morgan fingerprint density at radius 2 is 1.81 bits per heavy atom. The number of nitrogens with zero attached hydrogens (tertiary/aromatic N) is 3. The predicted octanol–water partition coefficient (Wildman–Crippen LogP) is 2.55. The van der Waals surface area contributed by atoms with Crippen molar-refractivity contribution in [1.82, 2.24) is 19.8 Å². The van der Waals surface area contributed by atoms with Gasteiger partial charge in [0, 0.05) is 7.05 Å². The number of imidazole rings is 1. The molecule has 7 heteroatoms. The molecule has 0 saturated carbocycles. The van der Waals surface area contributed by atoms with Gasteiger partial charge in [-0.3, -0.25) is 9.69 Å². The fourth-order valence-corrected chi connectivity index (χ4v) is 3.44. The summed E-state index contributed by atoms with van der Waals surface area (Å²) >= 11 is 0. The molecule has 0 spiro atoms. The van der Waals surface area contributed by atoms with Crippen molar-refractivity contribution in [1.29, 1.82) is 0 Å². The van der Waals surface area contributed by atoms with Gasteiger partial charge in [-0.05, 0) is 36.8 Å². The minimum Gasteiger partial charge on any atom is -0.497 e. The molecular formula is C20H20N4O3. The lowest BCUT2D eigenvalue weighted by atomic mass is 9.92. The molecule has 27 heavy (non-hydrogen) atoms.